The third-order valence-electron chi connectivity index (χ3n) is 6.05. The number of nitrogens with one attached hydrogen (secondary N) is 1. The van der Waals surface area contributed by atoms with Gasteiger partial charge in [0.2, 0.25) is 21.8 Å². The van der Waals surface area contributed by atoms with Gasteiger partial charge in [-0.2, -0.15) is 0 Å². The summed E-state index contributed by atoms with van der Waals surface area (Å²) in [7, 11) is -3.95. The van der Waals surface area contributed by atoms with Gasteiger partial charge < -0.3 is 10.2 Å². The smallest absolute Gasteiger partial charge is 0.244 e. The van der Waals surface area contributed by atoms with Crippen LogP contribution in [0, 0.1) is 0 Å². The van der Waals surface area contributed by atoms with Crippen LogP contribution < -0.4 is 9.62 Å². The van der Waals surface area contributed by atoms with Crippen molar-refractivity contribution >= 4 is 78.3 Å². The summed E-state index contributed by atoms with van der Waals surface area (Å²) in [5, 5.41) is 3.29. The molecule has 196 valence electrons. The number of anilines is 1. The maximum absolute atomic E-state index is 13.6. The van der Waals surface area contributed by atoms with Gasteiger partial charge in [0.15, 0.2) is 0 Å². The van der Waals surface area contributed by atoms with E-state index in [1.807, 2.05) is 24.3 Å². The fraction of sp³-hybridized carbons (Fsp3) is 0.417. The Balaban J connectivity index is 1.93. The van der Waals surface area contributed by atoms with Crippen molar-refractivity contribution in [3.05, 3.63) is 61.5 Å². The van der Waals surface area contributed by atoms with Crippen LogP contribution in [0.3, 0.4) is 0 Å². The zero-order chi connectivity index (χ0) is 26.6. The quantitative estimate of drug-likeness (QED) is 0.360. The lowest BCUT2D eigenvalue weighted by Gasteiger charge is -2.32. The molecule has 36 heavy (non-hydrogen) atoms. The highest BCUT2D eigenvalue weighted by Gasteiger charge is 2.32. The Kier molecular flexibility index (Phi) is 9.96. The van der Waals surface area contributed by atoms with E-state index in [0.717, 1.165) is 46.3 Å². The number of hydrogen-bond acceptors (Lipinski definition) is 4. The van der Waals surface area contributed by atoms with E-state index in [1.165, 1.54) is 17.0 Å². The molecule has 0 aliphatic heterocycles. The molecule has 1 fully saturated rings. The standard InChI is InChI=1S/C24H27BrCl3N3O4S/c1-15(24(33)29-18-8-3-4-9-18)30(13-16-6-5-7-17(25)10-16)23(32)14-31(36(2,34)35)22-12-20(27)19(26)11-21(22)28/h5-7,10-12,15,18H,3-4,8-9,13-14H2,1-2H3,(H,29,33)/t15-/m1/s1. The van der Waals surface area contributed by atoms with Crippen molar-refractivity contribution in [3.8, 4) is 0 Å². The molecule has 0 aromatic heterocycles. The molecule has 12 heteroatoms. The Bertz CT molecular complexity index is 1240. The predicted molar refractivity (Wildman–Crippen MR) is 148 cm³/mol. The second-order valence-electron chi connectivity index (χ2n) is 8.80. The summed E-state index contributed by atoms with van der Waals surface area (Å²) in [6.07, 6.45) is 4.86. The lowest BCUT2D eigenvalue weighted by molar-refractivity contribution is -0.139. The van der Waals surface area contributed by atoms with Gasteiger partial charge in [0.1, 0.15) is 12.6 Å². The first-order chi connectivity index (χ1) is 16.9. The molecule has 2 amide bonds. The maximum Gasteiger partial charge on any atom is 0.244 e. The van der Waals surface area contributed by atoms with Gasteiger partial charge in [-0.1, -0.05) is 75.7 Å². The average Bonchev–Trinajstić information content (AvgIpc) is 3.30. The molecule has 7 nitrogen and oxygen atoms in total. The molecule has 1 aliphatic carbocycles. The molecule has 0 heterocycles. The zero-order valence-electron chi connectivity index (χ0n) is 19.8. The van der Waals surface area contributed by atoms with Crippen molar-refractivity contribution in [3.63, 3.8) is 0 Å². The Labute approximate surface area is 235 Å². The minimum atomic E-state index is -3.95. The maximum atomic E-state index is 13.6. The van der Waals surface area contributed by atoms with Gasteiger partial charge >= 0.3 is 0 Å². The molecular weight excluding hydrogens is 613 g/mol. The summed E-state index contributed by atoms with van der Waals surface area (Å²) in [4.78, 5) is 28.1. The summed E-state index contributed by atoms with van der Waals surface area (Å²) in [5.74, 6) is -0.861. The molecule has 1 atom stereocenters. The minimum absolute atomic E-state index is 0.0207. The molecule has 1 N–H and O–H groups in total. The van der Waals surface area contributed by atoms with Crippen molar-refractivity contribution < 1.29 is 18.0 Å². The van der Waals surface area contributed by atoms with Gasteiger partial charge in [-0.3, -0.25) is 13.9 Å². The van der Waals surface area contributed by atoms with Crippen LogP contribution in [0.2, 0.25) is 15.1 Å². The van der Waals surface area contributed by atoms with Gasteiger partial charge in [-0.25, -0.2) is 8.42 Å². The van der Waals surface area contributed by atoms with Gasteiger partial charge in [0.05, 0.1) is 27.0 Å². The first-order valence-corrected chi connectivity index (χ1v) is 15.1. The molecule has 2 aromatic carbocycles. The van der Waals surface area contributed by atoms with Gasteiger partial charge in [0.25, 0.3) is 0 Å². The van der Waals surface area contributed by atoms with E-state index in [9.17, 15) is 18.0 Å². The van der Waals surface area contributed by atoms with E-state index in [-0.39, 0.29) is 39.2 Å². The van der Waals surface area contributed by atoms with Crippen LogP contribution >= 0.6 is 50.7 Å². The highest BCUT2D eigenvalue weighted by Crippen LogP contribution is 2.35. The fourth-order valence-electron chi connectivity index (χ4n) is 4.10. The van der Waals surface area contributed by atoms with Gasteiger partial charge in [0, 0.05) is 17.1 Å². The van der Waals surface area contributed by atoms with Crippen LogP contribution in [-0.2, 0) is 26.2 Å². The first kappa shape index (κ1) is 29.0. The van der Waals surface area contributed by atoms with Crippen molar-refractivity contribution in [2.45, 2.75) is 51.2 Å². The number of carbonyl (C=O) groups is 2. The second-order valence-corrected chi connectivity index (χ2v) is 12.8. The third kappa shape index (κ3) is 7.51. The van der Waals surface area contributed by atoms with Gasteiger partial charge in [-0.05, 0) is 49.6 Å². The Hall–Kier alpha value is -1.52. The van der Waals surface area contributed by atoms with Crippen LogP contribution in [0.25, 0.3) is 0 Å². The van der Waals surface area contributed by atoms with Crippen molar-refractivity contribution in [1.82, 2.24) is 10.2 Å². The molecule has 3 rings (SSSR count). The SMILES string of the molecule is C[C@H](C(=O)NC1CCCC1)N(Cc1cccc(Br)c1)C(=O)CN(c1cc(Cl)c(Cl)cc1Cl)S(C)(=O)=O. The van der Waals surface area contributed by atoms with E-state index >= 15 is 0 Å². The molecule has 2 aromatic rings. The minimum Gasteiger partial charge on any atom is -0.352 e. The van der Waals surface area contributed by atoms with Crippen LogP contribution in [0.4, 0.5) is 5.69 Å². The van der Waals surface area contributed by atoms with Gasteiger partial charge in [-0.15, -0.1) is 0 Å². The number of carbonyl (C=O) groups excluding carboxylic acids is 2. The predicted octanol–water partition coefficient (Wildman–Crippen LogP) is 5.65. The largest absolute Gasteiger partial charge is 0.352 e. The highest BCUT2D eigenvalue weighted by molar-refractivity contribution is 9.10. The van der Waals surface area contributed by atoms with Crippen LogP contribution in [-0.4, -0.2) is 50.0 Å². The van der Waals surface area contributed by atoms with E-state index in [2.05, 4.69) is 21.2 Å². The number of amides is 2. The van der Waals surface area contributed by atoms with Crippen LogP contribution in [0.15, 0.2) is 40.9 Å². The topological polar surface area (TPSA) is 86.8 Å². The van der Waals surface area contributed by atoms with E-state index in [4.69, 9.17) is 34.8 Å². The van der Waals surface area contributed by atoms with Crippen molar-refractivity contribution in [2.75, 3.05) is 17.1 Å². The Morgan fingerprint density at radius 3 is 2.33 bits per heavy atom. The lowest BCUT2D eigenvalue weighted by atomic mass is 10.1. The number of nitrogens with zero attached hydrogens (tertiary/aromatic N) is 2. The summed E-state index contributed by atoms with van der Waals surface area (Å²) in [6.45, 7) is 1.16. The number of hydrogen-bond donors (Lipinski definition) is 1. The Morgan fingerprint density at radius 2 is 1.72 bits per heavy atom. The number of halogens is 4. The Morgan fingerprint density at radius 1 is 1.08 bits per heavy atom. The number of sulfonamides is 1. The van der Waals surface area contributed by atoms with E-state index in [1.54, 1.807) is 6.92 Å². The normalized spacial score (nSPS) is 14.9. The zero-order valence-corrected chi connectivity index (χ0v) is 24.5. The van der Waals surface area contributed by atoms with Crippen LogP contribution in [0.5, 0.6) is 0 Å². The second kappa shape index (κ2) is 12.3. The van der Waals surface area contributed by atoms with Crippen LogP contribution in [0.1, 0.15) is 38.2 Å². The first-order valence-electron chi connectivity index (χ1n) is 11.3. The summed E-state index contributed by atoms with van der Waals surface area (Å²) >= 11 is 21.8. The molecule has 0 bridgehead atoms. The fourth-order valence-corrected chi connectivity index (χ4v) is 6.10. The average molecular weight is 640 g/mol. The summed E-state index contributed by atoms with van der Waals surface area (Å²) in [6, 6.07) is 9.19. The highest BCUT2D eigenvalue weighted by atomic mass is 79.9. The van der Waals surface area contributed by atoms with Crippen molar-refractivity contribution in [2.24, 2.45) is 0 Å². The molecular formula is C24H27BrCl3N3O4S. The summed E-state index contributed by atoms with van der Waals surface area (Å²) in [5.41, 5.74) is 0.795. The van der Waals surface area contributed by atoms with E-state index in [0.29, 0.717) is 0 Å². The molecule has 0 spiro atoms. The third-order valence-corrected chi connectivity index (χ3v) is 8.69. The molecule has 0 radical (unpaired) electrons. The molecule has 0 saturated heterocycles. The molecule has 1 aliphatic rings. The molecule has 0 unspecified atom stereocenters. The monoisotopic (exact) mass is 637 g/mol. The summed E-state index contributed by atoms with van der Waals surface area (Å²) < 4.78 is 27.1. The number of benzene rings is 2. The number of rotatable bonds is 9. The van der Waals surface area contributed by atoms with Crippen molar-refractivity contribution in [1.29, 1.82) is 0 Å². The lowest BCUT2D eigenvalue weighted by Crippen LogP contribution is -2.52. The molecule has 1 saturated carbocycles. The van der Waals surface area contributed by atoms with E-state index < -0.39 is 28.5 Å².